The molecule has 4 nitrogen and oxygen atoms in total. The molecule has 96 valence electrons. The first-order chi connectivity index (χ1) is 8.65. The van der Waals surface area contributed by atoms with Crippen molar-refractivity contribution in [3.63, 3.8) is 0 Å². The normalized spacial score (nSPS) is 11.1. The maximum Gasteiger partial charge on any atom is 0.0724 e. The summed E-state index contributed by atoms with van der Waals surface area (Å²) < 4.78 is 0. The first-order valence-corrected chi connectivity index (χ1v) is 6.16. The minimum absolute atomic E-state index is 0.114. The van der Waals surface area contributed by atoms with Gasteiger partial charge in [-0.3, -0.25) is 4.98 Å². The molecule has 3 N–H and O–H groups in total. The molecule has 18 heavy (non-hydrogen) atoms. The lowest BCUT2D eigenvalue weighted by Gasteiger charge is -2.29. The highest BCUT2D eigenvalue weighted by molar-refractivity contribution is 5.97. The van der Waals surface area contributed by atoms with Crippen LogP contribution in [0, 0.1) is 0 Å². The Hall–Kier alpha value is -1.81. The van der Waals surface area contributed by atoms with E-state index in [4.69, 9.17) is 10.8 Å². The Morgan fingerprint density at radius 2 is 2.11 bits per heavy atom. The molecule has 0 amide bonds. The van der Waals surface area contributed by atoms with Gasteiger partial charge in [0.15, 0.2) is 0 Å². The lowest BCUT2D eigenvalue weighted by Crippen LogP contribution is -2.34. The molecule has 0 bridgehead atoms. The Morgan fingerprint density at radius 1 is 1.33 bits per heavy atom. The second kappa shape index (κ2) is 5.23. The monoisotopic (exact) mass is 245 g/mol. The van der Waals surface area contributed by atoms with E-state index in [2.05, 4.69) is 23.7 Å². The zero-order valence-electron chi connectivity index (χ0n) is 10.8. The number of rotatable bonds is 4. The van der Waals surface area contributed by atoms with E-state index in [0.717, 1.165) is 22.3 Å². The van der Waals surface area contributed by atoms with Crippen molar-refractivity contribution < 1.29 is 5.11 Å². The average Bonchev–Trinajstić information content (AvgIpc) is 2.37. The van der Waals surface area contributed by atoms with Gasteiger partial charge in [0.2, 0.25) is 0 Å². The van der Waals surface area contributed by atoms with Crippen molar-refractivity contribution in [1.82, 2.24) is 4.98 Å². The topological polar surface area (TPSA) is 62.4 Å². The van der Waals surface area contributed by atoms with Gasteiger partial charge in [-0.25, -0.2) is 0 Å². The summed E-state index contributed by atoms with van der Waals surface area (Å²) in [6.45, 7) is 4.86. The van der Waals surface area contributed by atoms with Gasteiger partial charge in [-0.1, -0.05) is 0 Å². The van der Waals surface area contributed by atoms with Gasteiger partial charge in [-0.15, -0.1) is 0 Å². The van der Waals surface area contributed by atoms with Gasteiger partial charge in [0.1, 0.15) is 0 Å². The molecule has 2 rings (SSSR count). The number of aliphatic hydroxyl groups is 1. The third kappa shape index (κ3) is 2.24. The van der Waals surface area contributed by atoms with Crippen molar-refractivity contribution in [2.24, 2.45) is 0 Å². The van der Waals surface area contributed by atoms with Crippen molar-refractivity contribution in [2.75, 3.05) is 23.8 Å². The Morgan fingerprint density at radius 3 is 2.78 bits per heavy atom. The summed E-state index contributed by atoms with van der Waals surface area (Å²) >= 11 is 0. The van der Waals surface area contributed by atoms with Gasteiger partial charge in [-0.2, -0.15) is 0 Å². The first-order valence-electron chi connectivity index (χ1n) is 6.16. The maximum absolute atomic E-state index is 9.16. The molecular weight excluding hydrogens is 226 g/mol. The Balaban J connectivity index is 2.53. The number of anilines is 2. The molecule has 0 radical (unpaired) electrons. The smallest absolute Gasteiger partial charge is 0.0724 e. The highest BCUT2D eigenvalue weighted by Gasteiger charge is 2.14. The van der Waals surface area contributed by atoms with Gasteiger partial charge < -0.3 is 15.7 Å². The van der Waals surface area contributed by atoms with Gasteiger partial charge in [0.25, 0.3) is 0 Å². The highest BCUT2D eigenvalue weighted by atomic mass is 16.3. The fraction of sp³-hybridized carbons (Fsp3) is 0.357. The average molecular weight is 245 g/mol. The number of nitrogens with two attached hydrogens (primary N) is 1. The van der Waals surface area contributed by atoms with Crippen LogP contribution in [0.15, 0.2) is 30.5 Å². The molecule has 1 aromatic heterocycles. The van der Waals surface area contributed by atoms with E-state index in [1.165, 1.54) is 0 Å². The fourth-order valence-corrected chi connectivity index (χ4v) is 2.18. The molecule has 0 atom stereocenters. The first kappa shape index (κ1) is 12.6. The summed E-state index contributed by atoms with van der Waals surface area (Å²) in [5.74, 6) is 0. The SMILES string of the molecule is CC(C)N(CCO)c1ccc2ncccc2c1N. The van der Waals surface area contributed by atoms with Crippen molar-refractivity contribution in [3.8, 4) is 0 Å². The van der Waals surface area contributed by atoms with Crippen LogP contribution in [0.4, 0.5) is 11.4 Å². The molecule has 0 saturated carbocycles. The Kier molecular flexibility index (Phi) is 3.67. The second-order valence-corrected chi connectivity index (χ2v) is 4.58. The van der Waals surface area contributed by atoms with E-state index in [1.54, 1.807) is 6.20 Å². The van der Waals surface area contributed by atoms with Crippen LogP contribution < -0.4 is 10.6 Å². The van der Waals surface area contributed by atoms with Gasteiger partial charge in [0, 0.05) is 24.2 Å². The standard InChI is InChI=1S/C14H19N3O/c1-10(2)17(8-9-18)13-6-5-12-11(14(13)15)4-3-7-16-12/h3-7,10,18H,8-9,15H2,1-2H3. The number of pyridine rings is 1. The number of hydrogen-bond donors (Lipinski definition) is 2. The minimum atomic E-state index is 0.114. The van der Waals surface area contributed by atoms with Gasteiger partial charge >= 0.3 is 0 Å². The molecule has 4 heteroatoms. The maximum atomic E-state index is 9.16. The number of fused-ring (bicyclic) bond motifs is 1. The lowest BCUT2D eigenvalue weighted by atomic mass is 10.1. The molecule has 0 aliphatic rings. The summed E-state index contributed by atoms with van der Waals surface area (Å²) in [6.07, 6.45) is 1.76. The number of aromatic nitrogens is 1. The molecule has 0 unspecified atom stereocenters. The van der Waals surface area contributed by atoms with Crippen LogP contribution in [-0.4, -0.2) is 29.3 Å². The molecule has 1 heterocycles. The molecular formula is C14H19N3O. The van der Waals surface area contributed by atoms with E-state index in [0.29, 0.717) is 6.54 Å². The van der Waals surface area contributed by atoms with E-state index in [1.807, 2.05) is 24.3 Å². The van der Waals surface area contributed by atoms with Gasteiger partial charge in [-0.05, 0) is 38.1 Å². The van der Waals surface area contributed by atoms with Crippen LogP contribution in [0.2, 0.25) is 0 Å². The third-order valence-corrected chi connectivity index (χ3v) is 3.08. The van der Waals surface area contributed by atoms with Crippen molar-refractivity contribution >= 4 is 22.3 Å². The minimum Gasteiger partial charge on any atom is -0.396 e. The molecule has 0 fully saturated rings. The zero-order valence-corrected chi connectivity index (χ0v) is 10.8. The van der Waals surface area contributed by atoms with Crippen molar-refractivity contribution in [3.05, 3.63) is 30.5 Å². The molecule has 0 saturated heterocycles. The van der Waals surface area contributed by atoms with Crippen LogP contribution >= 0.6 is 0 Å². The number of aliphatic hydroxyl groups excluding tert-OH is 1. The quantitative estimate of drug-likeness (QED) is 0.809. The van der Waals surface area contributed by atoms with Crippen LogP contribution in [0.25, 0.3) is 10.9 Å². The second-order valence-electron chi connectivity index (χ2n) is 4.58. The third-order valence-electron chi connectivity index (χ3n) is 3.08. The van der Waals surface area contributed by atoms with E-state index in [9.17, 15) is 0 Å². The van der Waals surface area contributed by atoms with Crippen LogP contribution in [-0.2, 0) is 0 Å². The van der Waals surface area contributed by atoms with E-state index < -0.39 is 0 Å². The van der Waals surface area contributed by atoms with Gasteiger partial charge in [0.05, 0.1) is 23.5 Å². The Labute approximate surface area is 107 Å². The van der Waals surface area contributed by atoms with Crippen LogP contribution in [0.5, 0.6) is 0 Å². The summed E-state index contributed by atoms with van der Waals surface area (Å²) in [7, 11) is 0. The highest BCUT2D eigenvalue weighted by Crippen LogP contribution is 2.31. The predicted octanol–water partition coefficient (Wildman–Crippen LogP) is 2.02. The number of benzene rings is 1. The predicted molar refractivity (Wildman–Crippen MR) is 75.7 cm³/mol. The number of nitrogen functional groups attached to an aromatic ring is 1. The lowest BCUT2D eigenvalue weighted by molar-refractivity contribution is 0.299. The fourth-order valence-electron chi connectivity index (χ4n) is 2.18. The molecule has 1 aromatic carbocycles. The van der Waals surface area contributed by atoms with E-state index >= 15 is 0 Å². The molecule has 0 aliphatic heterocycles. The zero-order chi connectivity index (χ0) is 13.1. The largest absolute Gasteiger partial charge is 0.396 e. The number of nitrogens with zero attached hydrogens (tertiary/aromatic N) is 2. The summed E-state index contributed by atoms with van der Waals surface area (Å²) in [6, 6.07) is 8.08. The summed E-state index contributed by atoms with van der Waals surface area (Å²) in [5, 5.41) is 10.1. The van der Waals surface area contributed by atoms with Crippen LogP contribution in [0.3, 0.4) is 0 Å². The Bertz CT molecular complexity index is 540. The van der Waals surface area contributed by atoms with Crippen LogP contribution in [0.1, 0.15) is 13.8 Å². The van der Waals surface area contributed by atoms with Crippen molar-refractivity contribution in [1.29, 1.82) is 0 Å². The summed E-state index contributed by atoms with van der Waals surface area (Å²) in [4.78, 5) is 6.38. The number of hydrogen-bond acceptors (Lipinski definition) is 4. The molecule has 0 spiro atoms. The van der Waals surface area contributed by atoms with Crippen molar-refractivity contribution in [2.45, 2.75) is 19.9 Å². The summed E-state index contributed by atoms with van der Waals surface area (Å²) in [5.41, 5.74) is 8.80. The molecule has 2 aromatic rings. The van der Waals surface area contributed by atoms with E-state index in [-0.39, 0.29) is 12.6 Å². The molecule has 0 aliphatic carbocycles.